The molecule has 2 aromatic carbocycles. The highest BCUT2D eigenvalue weighted by Gasteiger charge is 2.08. The van der Waals surface area contributed by atoms with Gasteiger partial charge in [0.15, 0.2) is 11.5 Å². The maximum absolute atomic E-state index is 11.7. The number of rotatable bonds is 10. The fourth-order valence-electron chi connectivity index (χ4n) is 2.48. The first kappa shape index (κ1) is 19.8. The van der Waals surface area contributed by atoms with Crippen LogP contribution in [-0.2, 0) is 17.9 Å². The molecule has 26 heavy (non-hydrogen) atoms. The van der Waals surface area contributed by atoms with Crippen molar-refractivity contribution in [3.8, 4) is 11.5 Å². The van der Waals surface area contributed by atoms with Crippen LogP contribution in [0.25, 0.3) is 0 Å². The summed E-state index contributed by atoms with van der Waals surface area (Å²) in [5, 5.41) is 6.00. The van der Waals surface area contributed by atoms with E-state index in [0.717, 1.165) is 22.6 Å². The first-order valence-corrected chi connectivity index (χ1v) is 9.01. The standard InChI is InChI=1S/C21H28N2O3/c1-4-25-20-12-18(13-22-14-21(24)23-16(2)3)10-11-19(20)26-15-17-8-6-5-7-9-17/h5-12,16,22H,4,13-15H2,1-3H3,(H,23,24). The van der Waals surface area contributed by atoms with Crippen molar-refractivity contribution in [2.45, 2.75) is 40.0 Å². The Balaban J connectivity index is 1.93. The number of carbonyl (C=O) groups excluding carboxylic acids is 1. The number of nitrogens with one attached hydrogen (secondary N) is 2. The van der Waals surface area contributed by atoms with Crippen LogP contribution in [-0.4, -0.2) is 25.1 Å². The molecule has 0 heterocycles. The molecule has 0 bridgehead atoms. The lowest BCUT2D eigenvalue weighted by Crippen LogP contribution is -2.37. The van der Waals surface area contributed by atoms with E-state index < -0.39 is 0 Å². The van der Waals surface area contributed by atoms with Gasteiger partial charge in [0.1, 0.15) is 6.61 Å². The molecular weight excluding hydrogens is 328 g/mol. The zero-order valence-electron chi connectivity index (χ0n) is 15.7. The second-order valence-electron chi connectivity index (χ2n) is 6.31. The van der Waals surface area contributed by atoms with Gasteiger partial charge in [-0.2, -0.15) is 0 Å². The Hall–Kier alpha value is -2.53. The molecule has 5 nitrogen and oxygen atoms in total. The van der Waals surface area contributed by atoms with Gasteiger partial charge in [0.25, 0.3) is 0 Å². The first-order valence-electron chi connectivity index (χ1n) is 9.01. The Morgan fingerprint density at radius 2 is 1.77 bits per heavy atom. The van der Waals surface area contributed by atoms with E-state index in [-0.39, 0.29) is 18.5 Å². The summed E-state index contributed by atoms with van der Waals surface area (Å²) in [5.41, 5.74) is 2.15. The molecule has 0 saturated carbocycles. The van der Waals surface area contributed by atoms with E-state index in [1.54, 1.807) is 0 Å². The van der Waals surface area contributed by atoms with Crippen LogP contribution < -0.4 is 20.1 Å². The van der Waals surface area contributed by atoms with Crippen LogP contribution in [0.3, 0.4) is 0 Å². The summed E-state index contributed by atoms with van der Waals surface area (Å²) in [6.45, 7) is 7.77. The summed E-state index contributed by atoms with van der Waals surface area (Å²) in [6, 6.07) is 16.0. The van der Waals surface area contributed by atoms with Gasteiger partial charge in [-0.15, -0.1) is 0 Å². The normalized spacial score (nSPS) is 10.6. The molecule has 0 unspecified atom stereocenters. The van der Waals surface area contributed by atoms with E-state index in [4.69, 9.17) is 9.47 Å². The van der Waals surface area contributed by atoms with Crippen molar-refractivity contribution in [1.82, 2.24) is 10.6 Å². The molecule has 5 heteroatoms. The number of hydrogen-bond donors (Lipinski definition) is 2. The van der Waals surface area contributed by atoms with E-state index in [9.17, 15) is 4.79 Å². The molecule has 0 aliphatic rings. The van der Waals surface area contributed by atoms with Gasteiger partial charge < -0.3 is 20.1 Å². The van der Waals surface area contributed by atoms with E-state index in [2.05, 4.69) is 10.6 Å². The third kappa shape index (κ3) is 6.76. The van der Waals surface area contributed by atoms with Crippen molar-refractivity contribution in [3.63, 3.8) is 0 Å². The van der Waals surface area contributed by atoms with Gasteiger partial charge in [-0.3, -0.25) is 4.79 Å². The summed E-state index contributed by atoms with van der Waals surface area (Å²) in [7, 11) is 0. The fourth-order valence-corrected chi connectivity index (χ4v) is 2.48. The van der Waals surface area contributed by atoms with Crippen LogP contribution >= 0.6 is 0 Å². The maximum atomic E-state index is 11.7. The van der Waals surface area contributed by atoms with E-state index in [1.165, 1.54) is 0 Å². The molecule has 0 spiro atoms. The Labute approximate surface area is 155 Å². The van der Waals surface area contributed by atoms with Crippen LogP contribution in [0.5, 0.6) is 11.5 Å². The third-order valence-electron chi connectivity index (χ3n) is 3.61. The second kappa shape index (κ2) is 10.5. The van der Waals surface area contributed by atoms with Gasteiger partial charge in [0.05, 0.1) is 13.2 Å². The van der Waals surface area contributed by atoms with Gasteiger partial charge in [0, 0.05) is 12.6 Å². The average Bonchev–Trinajstić information content (AvgIpc) is 2.61. The summed E-state index contributed by atoms with van der Waals surface area (Å²) in [6.07, 6.45) is 0. The molecular formula is C21H28N2O3. The SMILES string of the molecule is CCOc1cc(CNCC(=O)NC(C)C)ccc1OCc1ccccc1. The van der Waals surface area contributed by atoms with E-state index >= 15 is 0 Å². The molecule has 2 N–H and O–H groups in total. The van der Waals surface area contributed by atoms with E-state index in [1.807, 2.05) is 69.3 Å². The molecule has 0 atom stereocenters. The lowest BCUT2D eigenvalue weighted by atomic mass is 10.2. The Kier molecular flexibility index (Phi) is 7.96. The lowest BCUT2D eigenvalue weighted by Gasteiger charge is -2.14. The summed E-state index contributed by atoms with van der Waals surface area (Å²) in [5.74, 6) is 1.43. The molecule has 0 radical (unpaired) electrons. The first-order chi connectivity index (χ1) is 12.6. The average molecular weight is 356 g/mol. The predicted molar refractivity (Wildman–Crippen MR) is 103 cm³/mol. The fraction of sp³-hybridized carbons (Fsp3) is 0.381. The number of hydrogen-bond acceptors (Lipinski definition) is 4. The van der Waals surface area contributed by atoms with Gasteiger partial charge in [-0.1, -0.05) is 36.4 Å². The third-order valence-corrected chi connectivity index (χ3v) is 3.61. The minimum absolute atomic E-state index is 0.00662. The van der Waals surface area contributed by atoms with Crippen molar-refractivity contribution in [3.05, 3.63) is 59.7 Å². The Bertz CT molecular complexity index is 687. The van der Waals surface area contributed by atoms with Crippen LogP contribution in [0.4, 0.5) is 0 Å². The Morgan fingerprint density at radius 3 is 2.46 bits per heavy atom. The number of benzene rings is 2. The molecule has 0 aromatic heterocycles. The predicted octanol–water partition coefficient (Wildman–Crippen LogP) is 3.28. The zero-order valence-corrected chi connectivity index (χ0v) is 15.7. The van der Waals surface area contributed by atoms with Crippen molar-refractivity contribution >= 4 is 5.91 Å². The highest BCUT2D eigenvalue weighted by molar-refractivity contribution is 5.78. The molecule has 2 aromatic rings. The van der Waals surface area contributed by atoms with Gasteiger partial charge in [-0.05, 0) is 44.0 Å². The molecule has 0 fully saturated rings. The smallest absolute Gasteiger partial charge is 0.234 e. The van der Waals surface area contributed by atoms with Crippen LogP contribution in [0.15, 0.2) is 48.5 Å². The maximum Gasteiger partial charge on any atom is 0.234 e. The quantitative estimate of drug-likeness (QED) is 0.686. The number of amides is 1. The topological polar surface area (TPSA) is 59.6 Å². The minimum atomic E-state index is -0.00662. The monoisotopic (exact) mass is 356 g/mol. The summed E-state index contributed by atoms with van der Waals surface area (Å²) < 4.78 is 11.6. The number of carbonyl (C=O) groups is 1. The van der Waals surface area contributed by atoms with Crippen molar-refractivity contribution in [1.29, 1.82) is 0 Å². The molecule has 0 saturated heterocycles. The van der Waals surface area contributed by atoms with Crippen LogP contribution in [0.1, 0.15) is 31.9 Å². The molecule has 1 amide bonds. The van der Waals surface area contributed by atoms with Gasteiger partial charge in [0.2, 0.25) is 5.91 Å². The van der Waals surface area contributed by atoms with Crippen molar-refractivity contribution in [2.24, 2.45) is 0 Å². The van der Waals surface area contributed by atoms with Crippen LogP contribution in [0, 0.1) is 0 Å². The second-order valence-corrected chi connectivity index (χ2v) is 6.31. The van der Waals surface area contributed by atoms with Gasteiger partial charge in [-0.25, -0.2) is 0 Å². The Morgan fingerprint density at radius 1 is 1.00 bits per heavy atom. The highest BCUT2D eigenvalue weighted by atomic mass is 16.5. The zero-order chi connectivity index (χ0) is 18.8. The van der Waals surface area contributed by atoms with Crippen LogP contribution in [0.2, 0.25) is 0 Å². The molecule has 140 valence electrons. The minimum Gasteiger partial charge on any atom is -0.490 e. The molecule has 0 aliphatic carbocycles. The van der Waals surface area contributed by atoms with Crippen molar-refractivity contribution in [2.75, 3.05) is 13.2 Å². The molecule has 2 rings (SSSR count). The number of ether oxygens (including phenoxy) is 2. The highest BCUT2D eigenvalue weighted by Crippen LogP contribution is 2.29. The van der Waals surface area contributed by atoms with Gasteiger partial charge >= 0.3 is 0 Å². The lowest BCUT2D eigenvalue weighted by molar-refractivity contribution is -0.120. The van der Waals surface area contributed by atoms with Crippen molar-refractivity contribution < 1.29 is 14.3 Å². The largest absolute Gasteiger partial charge is 0.490 e. The summed E-state index contributed by atoms with van der Waals surface area (Å²) >= 11 is 0. The summed E-state index contributed by atoms with van der Waals surface area (Å²) in [4.78, 5) is 11.7. The van der Waals surface area contributed by atoms with E-state index in [0.29, 0.717) is 19.8 Å². The molecule has 0 aliphatic heterocycles.